The first-order valence-electron chi connectivity index (χ1n) is 8.57. The molecule has 0 radical (unpaired) electrons. The highest BCUT2D eigenvalue weighted by molar-refractivity contribution is 9.09. The summed E-state index contributed by atoms with van der Waals surface area (Å²) in [5.41, 5.74) is 2.00. The number of benzene rings is 2. The van der Waals surface area contributed by atoms with Gasteiger partial charge in [-0.25, -0.2) is 0 Å². The summed E-state index contributed by atoms with van der Waals surface area (Å²) < 4.78 is 11.6. The zero-order chi connectivity index (χ0) is 18.6. The van der Waals surface area contributed by atoms with E-state index in [9.17, 15) is 5.11 Å². The molecule has 0 saturated heterocycles. The lowest BCUT2D eigenvalue weighted by Gasteiger charge is -2.40. The third kappa shape index (κ3) is 3.93. The van der Waals surface area contributed by atoms with Gasteiger partial charge in [-0.3, -0.25) is 0 Å². The van der Waals surface area contributed by atoms with Crippen LogP contribution in [0.25, 0.3) is 0 Å². The number of alkyl halides is 1. The summed E-state index contributed by atoms with van der Waals surface area (Å²) in [6, 6.07) is 17.4. The normalized spacial score (nSPS) is 23.4. The number of rotatable bonds is 6. The molecule has 1 aliphatic carbocycles. The van der Waals surface area contributed by atoms with E-state index in [1.807, 2.05) is 79.7 Å². The van der Waals surface area contributed by atoms with Gasteiger partial charge in [-0.1, -0.05) is 76.1 Å². The molecular weight excluding hydrogens is 392 g/mol. The Hall–Kier alpha value is -1.88. The van der Waals surface area contributed by atoms with Gasteiger partial charge in [-0.15, -0.1) is 0 Å². The van der Waals surface area contributed by atoms with Gasteiger partial charge in [0.15, 0.2) is 0 Å². The number of ether oxygens (including phenoxy) is 2. The molecule has 0 saturated carbocycles. The van der Waals surface area contributed by atoms with Gasteiger partial charge in [0.05, 0.1) is 18.5 Å². The molecule has 2 aromatic rings. The molecule has 3 atom stereocenters. The maximum atomic E-state index is 11.3. The Kier molecular flexibility index (Phi) is 5.97. The summed E-state index contributed by atoms with van der Waals surface area (Å²) in [6.45, 7) is 2.42. The van der Waals surface area contributed by atoms with Crippen molar-refractivity contribution < 1.29 is 14.6 Å². The molecule has 4 heteroatoms. The molecule has 136 valence electrons. The Morgan fingerprint density at radius 3 is 2.46 bits per heavy atom. The number of methoxy groups -OCH3 is 1. The first-order chi connectivity index (χ1) is 12.5. The summed E-state index contributed by atoms with van der Waals surface area (Å²) in [6.07, 6.45) is 5.23. The Labute approximate surface area is 163 Å². The maximum absolute atomic E-state index is 11.3. The zero-order valence-corrected chi connectivity index (χ0v) is 16.5. The second kappa shape index (κ2) is 8.21. The van der Waals surface area contributed by atoms with Crippen LogP contribution in [0.15, 0.2) is 78.4 Å². The molecule has 0 fully saturated rings. The predicted molar refractivity (Wildman–Crippen MR) is 108 cm³/mol. The quantitative estimate of drug-likeness (QED) is 0.678. The Morgan fingerprint density at radius 2 is 1.81 bits per heavy atom. The van der Waals surface area contributed by atoms with Crippen molar-refractivity contribution in [3.05, 3.63) is 89.5 Å². The van der Waals surface area contributed by atoms with Gasteiger partial charge in [0.2, 0.25) is 0 Å². The molecule has 1 N–H and O–H groups in total. The van der Waals surface area contributed by atoms with Crippen LogP contribution in [0.3, 0.4) is 0 Å². The fourth-order valence-corrected chi connectivity index (χ4v) is 3.80. The van der Waals surface area contributed by atoms with Crippen molar-refractivity contribution in [1.29, 1.82) is 0 Å². The third-order valence-electron chi connectivity index (χ3n) is 4.60. The minimum atomic E-state index is -0.900. The average Bonchev–Trinajstić information content (AvgIpc) is 2.69. The molecule has 0 bridgehead atoms. The number of aliphatic hydroxyl groups is 1. The van der Waals surface area contributed by atoms with Crippen LogP contribution >= 0.6 is 15.9 Å². The molecule has 0 amide bonds. The van der Waals surface area contributed by atoms with Crippen LogP contribution in [0.5, 0.6) is 5.75 Å². The molecule has 0 aliphatic heterocycles. The van der Waals surface area contributed by atoms with Crippen LogP contribution in [-0.2, 0) is 11.3 Å². The van der Waals surface area contributed by atoms with E-state index in [4.69, 9.17) is 9.47 Å². The van der Waals surface area contributed by atoms with Gasteiger partial charge in [0.1, 0.15) is 17.5 Å². The van der Waals surface area contributed by atoms with E-state index in [1.165, 1.54) is 0 Å². The van der Waals surface area contributed by atoms with Crippen molar-refractivity contribution in [2.24, 2.45) is 0 Å². The van der Waals surface area contributed by atoms with Crippen molar-refractivity contribution >= 4 is 15.9 Å². The fourth-order valence-electron chi connectivity index (χ4n) is 3.13. The van der Waals surface area contributed by atoms with Crippen molar-refractivity contribution in [2.45, 2.75) is 30.1 Å². The van der Waals surface area contributed by atoms with Crippen molar-refractivity contribution in [1.82, 2.24) is 0 Å². The molecule has 26 heavy (non-hydrogen) atoms. The summed E-state index contributed by atoms with van der Waals surface area (Å²) in [4.78, 5) is -0.153. The van der Waals surface area contributed by atoms with E-state index in [0.717, 1.165) is 22.4 Å². The number of aliphatic hydroxyl groups excluding tert-OH is 1. The topological polar surface area (TPSA) is 38.7 Å². The van der Waals surface area contributed by atoms with E-state index in [-0.39, 0.29) is 4.83 Å². The Balaban J connectivity index is 1.93. The molecular formula is C22H23BrO3. The minimum Gasteiger partial charge on any atom is -0.497 e. The van der Waals surface area contributed by atoms with Gasteiger partial charge in [0, 0.05) is 0 Å². The number of hydrogen-bond donors (Lipinski definition) is 1. The standard InChI is InChI=1S/C22H23BrO3/c1-16-8-13-20(23)22(14-16,26-15-17-6-4-3-5-7-17)21(24)18-9-11-19(25-2)12-10-18/h3-14,20-21,24H,15H2,1-2H3. The number of hydrogen-bond acceptors (Lipinski definition) is 3. The molecule has 3 nitrogen and oxygen atoms in total. The Bertz CT molecular complexity index is 783. The lowest BCUT2D eigenvalue weighted by Crippen LogP contribution is -2.46. The van der Waals surface area contributed by atoms with Crippen LogP contribution in [0.1, 0.15) is 24.2 Å². The summed E-state index contributed by atoms with van der Waals surface area (Å²) in [5.74, 6) is 0.755. The fraction of sp³-hybridized carbons (Fsp3) is 0.273. The zero-order valence-electron chi connectivity index (χ0n) is 14.9. The van der Waals surface area contributed by atoms with Crippen molar-refractivity contribution in [2.75, 3.05) is 7.11 Å². The third-order valence-corrected chi connectivity index (χ3v) is 5.62. The molecule has 1 aliphatic rings. The highest BCUT2D eigenvalue weighted by Crippen LogP contribution is 2.42. The van der Waals surface area contributed by atoms with Gasteiger partial charge in [-0.05, 0) is 36.3 Å². The predicted octanol–water partition coefficient (Wildman–Crippen LogP) is 4.96. The first kappa shape index (κ1) is 18.9. The van der Waals surface area contributed by atoms with Gasteiger partial charge in [0.25, 0.3) is 0 Å². The van der Waals surface area contributed by atoms with Crippen LogP contribution in [0.4, 0.5) is 0 Å². The monoisotopic (exact) mass is 414 g/mol. The number of halogens is 1. The highest BCUT2D eigenvalue weighted by atomic mass is 79.9. The second-order valence-corrected chi connectivity index (χ2v) is 7.44. The average molecular weight is 415 g/mol. The smallest absolute Gasteiger partial charge is 0.133 e. The summed E-state index contributed by atoms with van der Waals surface area (Å²) in [5, 5.41) is 11.3. The van der Waals surface area contributed by atoms with Gasteiger partial charge < -0.3 is 14.6 Å². The summed E-state index contributed by atoms with van der Waals surface area (Å²) in [7, 11) is 1.63. The van der Waals surface area contributed by atoms with E-state index in [1.54, 1.807) is 7.11 Å². The van der Waals surface area contributed by atoms with E-state index in [0.29, 0.717) is 6.61 Å². The lowest BCUT2D eigenvalue weighted by molar-refractivity contribution is -0.0975. The summed E-state index contributed by atoms with van der Waals surface area (Å²) >= 11 is 3.70. The van der Waals surface area contributed by atoms with Gasteiger partial charge >= 0.3 is 0 Å². The largest absolute Gasteiger partial charge is 0.497 e. The van der Waals surface area contributed by atoms with Crippen LogP contribution in [0.2, 0.25) is 0 Å². The molecule has 3 unspecified atom stereocenters. The second-order valence-electron chi connectivity index (χ2n) is 6.45. The Morgan fingerprint density at radius 1 is 1.12 bits per heavy atom. The molecule has 3 rings (SSSR count). The van der Waals surface area contributed by atoms with Crippen LogP contribution in [0, 0.1) is 0 Å². The lowest BCUT2D eigenvalue weighted by atomic mass is 9.83. The molecule has 0 aromatic heterocycles. The van der Waals surface area contributed by atoms with Crippen molar-refractivity contribution in [3.63, 3.8) is 0 Å². The van der Waals surface area contributed by atoms with E-state index < -0.39 is 11.7 Å². The molecule has 2 aromatic carbocycles. The van der Waals surface area contributed by atoms with Crippen LogP contribution < -0.4 is 4.74 Å². The van der Waals surface area contributed by atoms with E-state index >= 15 is 0 Å². The number of allylic oxidation sites excluding steroid dienone is 2. The van der Waals surface area contributed by atoms with Crippen molar-refractivity contribution in [3.8, 4) is 5.75 Å². The minimum absolute atomic E-state index is 0.153. The van der Waals surface area contributed by atoms with Gasteiger partial charge in [-0.2, -0.15) is 0 Å². The highest BCUT2D eigenvalue weighted by Gasteiger charge is 2.44. The van der Waals surface area contributed by atoms with Crippen LogP contribution in [-0.4, -0.2) is 22.6 Å². The van der Waals surface area contributed by atoms with E-state index in [2.05, 4.69) is 15.9 Å². The SMILES string of the molecule is COc1ccc(C(O)C2(OCc3ccccc3)C=C(C)C=CC2Br)cc1. The first-order valence-corrected chi connectivity index (χ1v) is 9.48. The molecule has 0 heterocycles. The maximum Gasteiger partial charge on any atom is 0.133 e. The molecule has 0 spiro atoms.